The summed E-state index contributed by atoms with van der Waals surface area (Å²) in [6.07, 6.45) is 46.6. The Hall–Kier alpha value is -1.39. The molecule has 2 atom stereocenters. The van der Waals surface area contributed by atoms with Gasteiger partial charge in [0.1, 0.15) is 0 Å². The number of allylic oxidation sites excluding steroid dienone is 5. The Bertz CT molecular complexity index is 672. The highest BCUT2D eigenvalue weighted by molar-refractivity contribution is 5.76. The maximum atomic E-state index is 12.3. The molecule has 0 bridgehead atoms. The van der Waals surface area contributed by atoms with E-state index in [1.807, 2.05) is 6.08 Å². The summed E-state index contributed by atoms with van der Waals surface area (Å²) >= 11 is 0. The van der Waals surface area contributed by atoms with Crippen LogP contribution < -0.4 is 5.32 Å². The van der Waals surface area contributed by atoms with E-state index in [4.69, 9.17) is 0 Å². The molecule has 0 aliphatic carbocycles. The van der Waals surface area contributed by atoms with Gasteiger partial charge in [0.05, 0.1) is 18.8 Å². The first-order valence-electron chi connectivity index (χ1n) is 19.2. The summed E-state index contributed by atoms with van der Waals surface area (Å²) in [6.45, 7) is 4.28. The monoisotopic (exact) mass is 618 g/mol. The topological polar surface area (TPSA) is 69.6 Å². The summed E-state index contributed by atoms with van der Waals surface area (Å²) in [5.74, 6) is -0.0790. The molecule has 1 amide bonds. The van der Waals surface area contributed by atoms with Crippen LogP contribution in [0.3, 0.4) is 0 Å². The molecular formula is C40H75NO3. The van der Waals surface area contributed by atoms with Gasteiger partial charge in [-0.15, -0.1) is 0 Å². The molecule has 3 N–H and O–H groups in total. The fraction of sp³-hybridized carbons (Fsp3) is 0.825. The van der Waals surface area contributed by atoms with E-state index in [9.17, 15) is 15.0 Å². The molecule has 0 spiro atoms. The van der Waals surface area contributed by atoms with Crippen molar-refractivity contribution in [3.05, 3.63) is 36.5 Å². The molecule has 0 aliphatic rings. The van der Waals surface area contributed by atoms with E-state index in [1.54, 1.807) is 6.08 Å². The Kier molecular flexibility index (Phi) is 34.9. The van der Waals surface area contributed by atoms with E-state index in [0.717, 1.165) is 38.5 Å². The second-order valence-corrected chi connectivity index (χ2v) is 13.0. The first kappa shape index (κ1) is 42.6. The molecule has 2 unspecified atom stereocenters. The van der Waals surface area contributed by atoms with Crippen molar-refractivity contribution in [2.75, 3.05) is 6.61 Å². The Labute approximate surface area is 274 Å². The van der Waals surface area contributed by atoms with Crippen molar-refractivity contribution in [1.29, 1.82) is 0 Å². The predicted molar refractivity (Wildman–Crippen MR) is 193 cm³/mol. The van der Waals surface area contributed by atoms with Gasteiger partial charge in [0.15, 0.2) is 0 Å². The van der Waals surface area contributed by atoms with Gasteiger partial charge in [-0.25, -0.2) is 0 Å². The molecule has 0 aromatic heterocycles. The third-order valence-electron chi connectivity index (χ3n) is 8.60. The second-order valence-electron chi connectivity index (χ2n) is 13.0. The Morgan fingerprint density at radius 1 is 0.523 bits per heavy atom. The maximum Gasteiger partial charge on any atom is 0.220 e. The Balaban J connectivity index is 3.69. The molecule has 0 aromatic carbocycles. The average molecular weight is 618 g/mol. The van der Waals surface area contributed by atoms with Gasteiger partial charge >= 0.3 is 0 Å². The first-order valence-corrected chi connectivity index (χ1v) is 19.2. The standard InChI is InChI=1S/C40H75NO3/c1-3-5-7-9-11-13-15-17-18-19-20-21-22-24-25-27-29-31-33-35-39(43)38(37-42)41-40(44)36-34-32-30-28-26-23-16-14-12-10-8-6-4-2/h20-21,25,27,33,35,38-39,42-43H,3-19,22-24,26,28-32,34,36-37H2,1-2H3,(H,41,44)/b21-20+,27-25+,35-33+. The van der Waals surface area contributed by atoms with Crippen molar-refractivity contribution in [3.63, 3.8) is 0 Å². The fourth-order valence-corrected chi connectivity index (χ4v) is 5.62. The van der Waals surface area contributed by atoms with Crippen molar-refractivity contribution in [2.24, 2.45) is 0 Å². The van der Waals surface area contributed by atoms with E-state index < -0.39 is 12.1 Å². The molecule has 0 aromatic rings. The lowest BCUT2D eigenvalue weighted by Crippen LogP contribution is -2.45. The SMILES string of the molecule is CCCCCCCCCCC/C=C/CC/C=C/CC/C=C/C(O)C(CO)NC(=O)CCCCCCCCCCCCCCC. The summed E-state index contributed by atoms with van der Waals surface area (Å²) in [5, 5.41) is 22.9. The highest BCUT2D eigenvalue weighted by Gasteiger charge is 2.17. The fourth-order valence-electron chi connectivity index (χ4n) is 5.62. The number of carbonyl (C=O) groups is 1. The van der Waals surface area contributed by atoms with E-state index in [0.29, 0.717) is 6.42 Å². The molecular weight excluding hydrogens is 542 g/mol. The number of unbranched alkanes of at least 4 members (excludes halogenated alkanes) is 23. The molecule has 0 saturated carbocycles. The number of amides is 1. The Morgan fingerprint density at radius 2 is 0.886 bits per heavy atom. The van der Waals surface area contributed by atoms with Crippen LogP contribution in [0.2, 0.25) is 0 Å². The van der Waals surface area contributed by atoms with Crippen LogP contribution in [-0.2, 0) is 4.79 Å². The van der Waals surface area contributed by atoms with Crippen LogP contribution >= 0.6 is 0 Å². The molecule has 0 aliphatic heterocycles. The van der Waals surface area contributed by atoms with Gasteiger partial charge in [0, 0.05) is 6.42 Å². The van der Waals surface area contributed by atoms with Gasteiger partial charge in [-0.05, 0) is 44.9 Å². The zero-order valence-corrected chi connectivity index (χ0v) is 29.4. The number of hydrogen-bond donors (Lipinski definition) is 3. The average Bonchev–Trinajstić information content (AvgIpc) is 3.03. The summed E-state index contributed by atoms with van der Waals surface area (Å²) < 4.78 is 0. The van der Waals surface area contributed by atoms with Crippen LogP contribution in [0.5, 0.6) is 0 Å². The molecule has 4 nitrogen and oxygen atoms in total. The molecule has 258 valence electrons. The van der Waals surface area contributed by atoms with Crippen LogP contribution in [0.4, 0.5) is 0 Å². The molecule has 0 rings (SSSR count). The second kappa shape index (κ2) is 36.1. The first-order chi connectivity index (χ1) is 21.7. The number of nitrogens with one attached hydrogen (secondary N) is 1. The molecule has 0 saturated heterocycles. The number of aliphatic hydroxyl groups excluding tert-OH is 2. The third-order valence-corrected chi connectivity index (χ3v) is 8.60. The van der Waals surface area contributed by atoms with Crippen molar-refractivity contribution in [3.8, 4) is 0 Å². The molecule has 4 heteroatoms. The normalized spacial score (nSPS) is 13.5. The minimum Gasteiger partial charge on any atom is -0.394 e. The van der Waals surface area contributed by atoms with Gasteiger partial charge < -0.3 is 15.5 Å². The zero-order valence-electron chi connectivity index (χ0n) is 29.4. The molecule has 0 radical (unpaired) electrons. The van der Waals surface area contributed by atoms with Gasteiger partial charge in [-0.3, -0.25) is 4.79 Å². The highest BCUT2D eigenvalue weighted by Crippen LogP contribution is 2.14. The number of rotatable bonds is 34. The third kappa shape index (κ3) is 32.0. The zero-order chi connectivity index (χ0) is 32.2. The van der Waals surface area contributed by atoms with Crippen molar-refractivity contribution < 1.29 is 15.0 Å². The quantitative estimate of drug-likeness (QED) is 0.0497. The van der Waals surface area contributed by atoms with Gasteiger partial charge in [-0.1, -0.05) is 179 Å². The summed E-state index contributed by atoms with van der Waals surface area (Å²) in [6, 6.07) is -0.640. The van der Waals surface area contributed by atoms with E-state index in [-0.39, 0.29) is 12.5 Å². The number of carbonyl (C=O) groups excluding carboxylic acids is 1. The van der Waals surface area contributed by atoms with Crippen molar-refractivity contribution in [2.45, 2.75) is 206 Å². The lowest BCUT2D eigenvalue weighted by molar-refractivity contribution is -0.123. The predicted octanol–water partition coefficient (Wildman–Crippen LogP) is 11.5. The molecule has 44 heavy (non-hydrogen) atoms. The maximum absolute atomic E-state index is 12.3. The largest absolute Gasteiger partial charge is 0.394 e. The van der Waals surface area contributed by atoms with Crippen LogP contribution in [0.25, 0.3) is 0 Å². The summed E-state index contributed by atoms with van der Waals surface area (Å²) in [4.78, 5) is 12.3. The smallest absolute Gasteiger partial charge is 0.220 e. The van der Waals surface area contributed by atoms with Crippen LogP contribution in [0, 0.1) is 0 Å². The van der Waals surface area contributed by atoms with Gasteiger partial charge in [-0.2, -0.15) is 0 Å². The lowest BCUT2D eigenvalue weighted by Gasteiger charge is -2.19. The summed E-state index contributed by atoms with van der Waals surface area (Å²) in [5.41, 5.74) is 0. The van der Waals surface area contributed by atoms with Crippen molar-refractivity contribution >= 4 is 5.91 Å². The number of aliphatic hydroxyl groups is 2. The van der Waals surface area contributed by atoms with E-state index in [2.05, 4.69) is 43.5 Å². The van der Waals surface area contributed by atoms with Crippen LogP contribution in [-0.4, -0.2) is 34.9 Å². The molecule has 0 fully saturated rings. The lowest BCUT2D eigenvalue weighted by atomic mass is 10.0. The van der Waals surface area contributed by atoms with Crippen LogP contribution in [0.15, 0.2) is 36.5 Å². The molecule has 0 heterocycles. The minimum absolute atomic E-state index is 0.0790. The van der Waals surface area contributed by atoms with Gasteiger partial charge in [0.25, 0.3) is 0 Å². The van der Waals surface area contributed by atoms with Crippen molar-refractivity contribution in [1.82, 2.24) is 5.32 Å². The highest BCUT2D eigenvalue weighted by atomic mass is 16.3. The van der Waals surface area contributed by atoms with E-state index >= 15 is 0 Å². The van der Waals surface area contributed by atoms with Gasteiger partial charge in [0.2, 0.25) is 5.91 Å². The van der Waals surface area contributed by atoms with E-state index in [1.165, 1.54) is 135 Å². The van der Waals surface area contributed by atoms with Crippen LogP contribution in [0.1, 0.15) is 194 Å². The Morgan fingerprint density at radius 3 is 1.32 bits per heavy atom. The summed E-state index contributed by atoms with van der Waals surface area (Å²) in [7, 11) is 0. The minimum atomic E-state index is -0.865. The number of hydrogen-bond acceptors (Lipinski definition) is 3.